The van der Waals surface area contributed by atoms with Crippen molar-refractivity contribution in [3.63, 3.8) is 0 Å². The summed E-state index contributed by atoms with van der Waals surface area (Å²) in [4.78, 5) is 0.0497. The highest BCUT2D eigenvalue weighted by Gasteiger charge is 2.33. The Hall–Kier alpha value is -0.820. The lowest BCUT2D eigenvalue weighted by atomic mass is 10.2. The van der Waals surface area contributed by atoms with Crippen LogP contribution in [-0.2, 0) is 10.0 Å². The summed E-state index contributed by atoms with van der Waals surface area (Å²) in [5.41, 5.74) is 6.01. The first kappa shape index (κ1) is 15.6. The Morgan fingerprint density at radius 1 is 1.35 bits per heavy atom. The van der Waals surface area contributed by atoms with E-state index in [2.05, 4.69) is 0 Å². The third-order valence-corrected chi connectivity index (χ3v) is 6.03. The molecule has 1 aliphatic carbocycles. The quantitative estimate of drug-likeness (QED) is 0.811. The van der Waals surface area contributed by atoms with Gasteiger partial charge in [-0.25, -0.2) is 8.42 Å². The van der Waals surface area contributed by atoms with Crippen LogP contribution >= 0.6 is 11.6 Å². The highest BCUT2D eigenvalue weighted by Crippen LogP contribution is 2.32. The Balaban J connectivity index is 2.39. The van der Waals surface area contributed by atoms with Gasteiger partial charge in [0.15, 0.2) is 0 Å². The maximum absolute atomic E-state index is 12.7. The molecule has 0 saturated heterocycles. The first-order chi connectivity index (χ1) is 9.46. The summed E-state index contributed by atoms with van der Waals surface area (Å²) in [5.74, 6) is 0. The fourth-order valence-electron chi connectivity index (χ4n) is 2.64. The molecule has 1 aromatic rings. The second-order valence-electron chi connectivity index (χ2n) is 4.97. The molecule has 0 unspecified atom stereocenters. The van der Waals surface area contributed by atoms with Gasteiger partial charge in [-0.15, -0.1) is 0 Å². The van der Waals surface area contributed by atoms with Crippen LogP contribution in [0.25, 0.3) is 0 Å². The Morgan fingerprint density at radius 2 is 2.00 bits per heavy atom. The standard InChI is InChI=1S/C13H19ClN2O3S/c14-12-9-10(15)5-6-13(12)20(18,19)16(7-8-17)11-3-1-2-4-11/h5-6,9,11,17H,1-4,7-8,15H2. The average molecular weight is 319 g/mol. The van der Waals surface area contributed by atoms with E-state index in [1.807, 2.05) is 0 Å². The first-order valence-electron chi connectivity index (χ1n) is 6.64. The lowest BCUT2D eigenvalue weighted by molar-refractivity contribution is 0.226. The smallest absolute Gasteiger partial charge is 0.244 e. The molecular weight excluding hydrogens is 300 g/mol. The van der Waals surface area contributed by atoms with Gasteiger partial charge in [0, 0.05) is 18.3 Å². The van der Waals surface area contributed by atoms with Gasteiger partial charge in [0.2, 0.25) is 10.0 Å². The first-order valence-corrected chi connectivity index (χ1v) is 8.46. The van der Waals surface area contributed by atoms with E-state index in [9.17, 15) is 8.42 Å². The van der Waals surface area contributed by atoms with E-state index in [1.165, 1.54) is 22.5 Å². The van der Waals surface area contributed by atoms with Gasteiger partial charge in [-0.1, -0.05) is 24.4 Å². The molecule has 0 amide bonds. The number of sulfonamides is 1. The molecule has 0 heterocycles. The molecule has 0 aliphatic heterocycles. The number of hydrogen-bond acceptors (Lipinski definition) is 4. The number of aliphatic hydroxyl groups excluding tert-OH is 1. The van der Waals surface area contributed by atoms with Crippen LogP contribution in [0.3, 0.4) is 0 Å². The van der Waals surface area contributed by atoms with E-state index in [-0.39, 0.29) is 29.1 Å². The summed E-state index contributed by atoms with van der Waals surface area (Å²) in [5, 5.41) is 9.28. The topological polar surface area (TPSA) is 83.6 Å². The molecule has 0 aromatic heterocycles. The summed E-state index contributed by atoms with van der Waals surface area (Å²) < 4.78 is 26.8. The van der Waals surface area contributed by atoms with Crippen molar-refractivity contribution in [3.8, 4) is 0 Å². The van der Waals surface area contributed by atoms with Crippen molar-refractivity contribution >= 4 is 27.3 Å². The minimum absolute atomic E-state index is 0.0497. The molecule has 0 radical (unpaired) electrons. The van der Waals surface area contributed by atoms with Crippen molar-refractivity contribution < 1.29 is 13.5 Å². The number of benzene rings is 1. The van der Waals surface area contributed by atoms with Crippen molar-refractivity contribution in [1.29, 1.82) is 0 Å². The highest BCUT2D eigenvalue weighted by atomic mass is 35.5. The summed E-state index contributed by atoms with van der Waals surface area (Å²) in [6.45, 7) is -0.115. The summed E-state index contributed by atoms with van der Waals surface area (Å²) in [7, 11) is -3.71. The second kappa shape index (κ2) is 6.30. The molecule has 1 aliphatic rings. The van der Waals surface area contributed by atoms with Crippen LogP contribution in [0.1, 0.15) is 25.7 Å². The van der Waals surface area contributed by atoms with Crippen molar-refractivity contribution in [2.75, 3.05) is 18.9 Å². The number of nitrogens with two attached hydrogens (primary N) is 1. The predicted molar refractivity (Wildman–Crippen MR) is 79.1 cm³/mol. The van der Waals surface area contributed by atoms with Crippen molar-refractivity contribution in [2.45, 2.75) is 36.6 Å². The van der Waals surface area contributed by atoms with E-state index in [1.54, 1.807) is 0 Å². The maximum atomic E-state index is 12.7. The largest absolute Gasteiger partial charge is 0.399 e. The molecule has 3 N–H and O–H groups in total. The fourth-order valence-corrected chi connectivity index (χ4v) is 4.85. The molecule has 1 fully saturated rings. The zero-order valence-electron chi connectivity index (χ0n) is 11.1. The summed E-state index contributed by atoms with van der Waals surface area (Å²) in [6, 6.07) is 4.32. The molecule has 1 aromatic carbocycles. The highest BCUT2D eigenvalue weighted by molar-refractivity contribution is 7.89. The van der Waals surface area contributed by atoms with Crippen molar-refractivity contribution in [3.05, 3.63) is 23.2 Å². The summed E-state index contributed by atoms with van der Waals surface area (Å²) >= 11 is 6.02. The molecule has 5 nitrogen and oxygen atoms in total. The van der Waals surface area contributed by atoms with E-state index < -0.39 is 10.0 Å². The number of nitrogens with zero attached hydrogens (tertiary/aromatic N) is 1. The van der Waals surface area contributed by atoms with E-state index in [4.69, 9.17) is 22.4 Å². The molecule has 0 atom stereocenters. The number of anilines is 1. The zero-order chi connectivity index (χ0) is 14.8. The van der Waals surface area contributed by atoms with Gasteiger partial charge in [0.25, 0.3) is 0 Å². The van der Waals surface area contributed by atoms with Gasteiger partial charge in [-0.3, -0.25) is 0 Å². The lowest BCUT2D eigenvalue weighted by Gasteiger charge is -2.27. The molecule has 112 valence electrons. The van der Waals surface area contributed by atoms with Crippen LogP contribution < -0.4 is 5.73 Å². The Labute approximate surface area is 124 Å². The monoisotopic (exact) mass is 318 g/mol. The van der Waals surface area contributed by atoms with Gasteiger partial charge >= 0.3 is 0 Å². The molecule has 0 bridgehead atoms. The molecule has 2 rings (SSSR count). The fraction of sp³-hybridized carbons (Fsp3) is 0.538. The third kappa shape index (κ3) is 3.09. The van der Waals surface area contributed by atoms with Gasteiger partial charge in [-0.2, -0.15) is 4.31 Å². The van der Waals surface area contributed by atoms with Crippen LogP contribution in [0.15, 0.2) is 23.1 Å². The van der Waals surface area contributed by atoms with Crippen LogP contribution in [0, 0.1) is 0 Å². The lowest BCUT2D eigenvalue weighted by Crippen LogP contribution is -2.40. The maximum Gasteiger partial charge on any atom is 0.244 e. The number of nitrogen functional groups attached to an aromatic ring is 1. The minimum Gasteiger partial charge on any atom is -0.399 e. The number of rotatable bonds is 5. The van der Waals surface area contributed by atoms with Crippen molar-refractivity contribution in [1.82, 2.24) is 4.31 Å². The molecule has 20 heavy (non-hydrogen) atoms. The van der Waals surface area contributed by atoms with E-state index in [0.717, 1.165) is 25.7 Å². The SMILES string of the molecule is Nc1ccc(S(=O)(=O)N(CCO)C2CCCC2)c(Cl)c1. The van der Waals surface area contributed by atoms with Gasteiger partial charge < -0.3 is 10.8 Å². The summed E-state index contributed by atoms with van der Waals surface area (Å²) in [6.07, 6.45) is 3.67. The number of aliphatic hydroxyl groups is 1. The van der Waals surface area contributed by atoms with Crippen LogP contribution in [-0.4, -0.2) is 37.0 Å². The van der Waals surface area contributed by atoms with Gasteiger partial charge in [0.05, 0.1) is 11.6 Å². The van der Waals surface area contributed by atoms with Gasteiger partial charge in [-0.05, 0) is 31.0 Å². The second-order valence-corrected chi connectivity index (χ2v) is 7.23. The molecule has 1 saturated carbocycles. The van der Waals surface area contributed by atoms with E-state index >= 15 is 0 Å². The minimum atomic E-state index is -3.71. The number of hydrogen-bond donors (Lipinski definition) is 2. The average Bonchev–Trinajstić information content (AvgIpc) is 2.88. The normalized spacial score (nSPS) is 16.9. The van der Waals surface area contributed by atoms with Crippen LogP contribution in [0.4, 0.5) is 5.69 Å². The Morgan fingerprint density at radius 3 is 2.55 bits per heavy atom. The number of halogens is 1. The zero-order valence-corrected chi connectivity index (χ0v) is 12.7. The third-order valence-electron chi connectivity index (χ3n) is 3.59. The van der Waals surface area contributed by atoms with E-state index in [0.29, 0.717) is 5.69 Å². The molecule has 7 heteroatoms. The molecule has 0 spiro atoms. The Bertz CT molecular complexity index is 571. The Kier molecular flexibility index (Phi) is 4.90. The van der Waals surface area contributed by atoms with Crippen LogP contribution in [0.2, 0.25) is 5.02 Å². The van der Waals surface area contributed by atoms with Crippen molar-refractivity contribution in [2.24, 2.45) is 0 Å². The van der Waals surface area contributed by atoms with Gasteiger partial charge in [0.1, 0.15) is 4.90 Å². The predicted octanol–water partition coefficient (Wildman–Crippen LogP) is 1.85. The van der Waals surface area contributed by atoms with Crippen LogP contribution in [0.5, 0.6) is 0 Å². The molecular formula is C13H19ClN2O3S.